The van der Waals surface area contributed by atoms with Crippen LogP contribution in [-0.2, 0) is 4.74 Å². The van der Waals surface area contributed by atoms with Crippen molar-refractivity contribution < 1.29 is 19.4 Å². The predicted molar refractivity (Wildman–Crippen MR) is 81.0 cm³/mol. The summed E-state index contributed by atoms with van der Waals surface area (Å²) in [5.41, 5.74) is 2.20. The Hall–Kier alpha value is -2.08. The molecule has 1 aromatic carbocycles. The van der Waals surface area contributed by atoms with E-state index in [2.05, 4.69) is 10.6 Å². The molecule has 2 amide bonds. The SMILES string of the molecule is COCCCCNC(=O)Nc1cc(C)c(C)c(C(=O)O)c1. The Balaban J connectivity index is 2.58. The lowest BCUT2D eigenvalue weighted by atomic mass is 10.0. The van der Waals surface area contributed by atoms with Crippen LogP contribution in [0.25, 0.3) is 0 Å². The molecule has 0 aliphatic heterocycles. The Kier molecular flexibility index (Phi) is 6.68. The van der Waals surface area contributed by atoms with Gasteiger partial charge in [-0.25, -0.2) is 9.59 Å². The first-order valence-corrected chi connectivity index (χ1v) is 6.84. The molecule has 116 valence electrons. The molecule has 0 aromatic heterocycles. The maximum atomic E-state index is 11.7. The lowest BCUT2D eigenvalue weighted by molar-refractivity contribution is 0.0696. The number of urea groups is 1. The van der Waals surface area contributed by atoms with Gasteiger partial charge in [0.05, 0.1) is 5.56 Å². The topological polar surface area (TPSA) is 87.7 Å². The number of carbonyl (C=O) groups excluding carboxylic acids is 1. The molecule has 6 nitrogen and oxygen atoms in total. The minimum absolute atomic E-state index is 0.199. The first-order chi connectivity index (χ1) is 9.95. The van der Waals surface area contributed by atoms with E-state index in [9.17, 15) is 9.59 Å². The van der Waals surface area contributed by atoms with Crippen LogP contribution in [0.15, 0.2) is 12.1 Å². The van der Waals surface area contributed by atoms with Gasteiger partial charge in [0.25, 0.3) is 0 Å². The number of carboxylic acids is 1. The van der Waals surface area contributed by atoms with Gasteiger partial charge in [-0.15, -0.1) is 0 Å². The van der Waals surface area contributed by atoms with E-state index in [4.69, 9.17) is 9.84 Å². The summed E-state index contributed by atoms with van der Waals surface area (Å²) in [6.07, 6.45) is 1.71. The standard InChI is InChI=1S/C15H22N2O4/c1-10-8-12(9-13(11(10)2)14(18)19)17-15(20)16-6-4-5-7-21-3/h8-9H,4-7H2,1-3H3,(H,18,19)(H2,16,17,20). The fourth-order valence-electron chi connectivity index (χ4n) is 1.90. The van der Waals surface area contributed by atoms with Crippen LogP contribution in [0.2, 0.25) is 0 Å². The molecule has 0 bridgehead atoms. The largest absolute Gasteiger partial charge is 0.478 e. The van der Waals surface area contributed by atoms with Crippen LogP contribution in [-0.4, -0.2) is 37.4 Å². The van der Waals surface area contributed by atoms with E-state index in [1.54, 1.807) is 20.1 Å². The van der Waals surface area contributed by atoms with Crippen molar-refractivity contribution in [1.82, 2.24) is 5.32 Å². The maximum Gasteiger partial charge on any atom is 0.336 e. The van der Waals surface area contributed by atoms with Crippen molar-refractivity contribution in [1.29, 1.82) is 0 Å². The third kappa shape index (κ3) is 5.43. The molecule has 0 aliphatic rings. The maximum absolute atomic E-state index is 11.7. The summed E-state index contributed by atoms with van der Waals surface area (Å²) in [6, 6.07) is 2.88. The van der Waals surface area contributed by atoms with Gasteiger partial charge in [0.1, 0.15) is 0 Å². The van der Waals surface area contributed by atoms with Gasteiger partial charge >= 0.3 is 12.0 Å². The number of hydrogen-bond acceptors (Lipinski definition) is 3. The number of benzene rings is 1. The van der Waals surface area contributed by atoms with Crippen molar-refractivity contribution >= 4 is 17.7 Å². The minimum atomic E-state index is -1.00. The Morgan fingerprint density at radius 1 is 1.24 bits per heavy atom. The normalized spacial score (nSPS) is 10.2. The highest BCUT2D eigenvalue weighted by atomic mass is 16.5. The third-order valence-electron chi connectivity index (χ3n) is 3.22. The van der Waals surface area contributed by atoms with Gasteiger partial charge in [-0.3, -0.25) is 0 Å². The van der Waals surface area contributed by atoms with Crippen molar-refractivity contribution in [3.63, 3.8) is 0 Å². The first kappa shape index (κ1) is 17.0. The van der Waals surface area contributed by atoms with Gasteiger partial charge in [-0.05, 0) is 49.9 Å². The van der Waals surface area contributed by atoms with E-state index < -0.39 is 5.97 Å². The lowest BCUT2D eigenvalue weighted by Crippen LogP contribution is -2.29. The van der Waals surface area contributed by atoms with Crippen molar-refractivity contribution in [2.45, 2.75) is 26.7 Å². The number of ether oxygens (including phenoxy) is 1. The number of hydrogen-bond donors (Lipinski definition) is 3. The Morgan fingerprint density at radius 2 is 1.95 bits per heavy atom. The zero-order valence-corrected chi connectivity index (χ0v) is 12.7. The number of nitrogens with one attached hydrogen (secondary N) is 2. The van der Waals surface area contributed by atoms with Crippen LogP contribution < -0.4 is 10.6 Å². The van der Waals surface area contributed by atoms with Gasteiger partial charge in [0.15, 0.2) is 0 Å². The first-order valence-electron chi connectivity index (χ1n) is 6.84. The van der Waals surface area contributed by atoms with Crippen LogP contribution in [0.3, 0.4) is 0 Å². The molecule has 1 aromatic rings. The molecular formula is C15H22N2O4. The monoisotopic (exact) mass is 294 g/mol. The molecule has 0 saturated carbocycles. The smallest absolute Gasteiger partial charge is 0.336 e. The molecule has 0 unspecified atom stereocenters. The van der Waals surface area contributed by atoms with Crippen LogP contribution in [0.5, 0.6) is 0 Å². The second kappa shape index (κ2) is 8.26. The minimum Gasteiger partial charge on any atom is -0.478 e. The Morgan fingerprint density at radius 3 is 2.57 bits per heavy atom. The summed E-state index contributed by atoms with van der Waals surface area (Å²) in [6.45, 7) is 4.78. The highest BCUT2D eigenvalue weighted by Gasteiger charge is 2.12. The van der Waals surface area contributed by atoms with E-state index >= 15 is 0 Å². The molecule has 6 heteroatoms. The molecule has 3 N–H and O–H groups in total. The highest BCUT2D eigenvalue weighted by Crippen LogP contribution is 2.20. The third-order valence-corrected chi connectivity index (χ3v) is 3.22. The molecular weight excluding hydrogens is 272 g/mol. The van der Waals surface area contributed by atoms with Gasteiger partial charge in [0.2, 0.25) is 0 Å². The van der Waals surface area contributed by atoms with Gasteiger partial charge in [0, 0.05) is 25.9 Å². The van der Waals surface area contributed by atoms with Gasteiger partial charge < -0.3 is 20.5 Å². The van der Waals surface area contributed by atoms with E-state index in [0.717, 1.165) is 18.4 Å². The summed E-state index contributed by atoms with van der Waals surface area (Å²) >= 11 is 0. The zero-order valence-electron chi connectivity index (χ0n) is 12.7. The predicted octanol–water partition coefficient (Wildman–Crippen LogP) is 2.55. The number of carboxylic acid groups (broad SMARTS) is 1. The average molecular weight is 294 g/mol. The average Bonchev–Trinajstić information content (AvgIpc) is 2.42. The zero-order chi connectivity index (χ0) is 15.8. The number of carbonyl (C=O) groups is 2. The number of amides is 2. The molecule has 0 fully saturated rings. The van der Waals surface area contributed by atoms with E-state index in [0.29, 0.717) is 24.4 Å². The summed E-state index contributed by atoms with van der Waals surface area (Å²) < 4.78 is 4.92. The van der Waals surface area contributed by atoms with Crippen molar-refractivity contribution in [2.24, 2.45) is 0 Å². The molecule has 0 heterocycles. The highest BCUT2D eigenvalue weighted by molar-refractivity contribution is 5.94. The van der Waals surface area contributed by atoms with E-state index in [-0.39, 0.29) is 11.6 Å². The number of aromatic carboxylic acids is 1. The number of aryl methyl sites for hydroxylation is 1. The van der Waals surface area contributed by atoms with Crippen LogP contribution in [0.1, 0.15) is 34.3 Å². The molecule has 1 rings (SSSR count). The second-order valence-electron chi connectivity index (χ2n) is 4.85. The number of anilines is 1. The summed E-state index contributed by atoms with van der Waals surface area (Å²) in [5, 5.41) is 14.5. The summed E-state index contributed by atoms with van der Waals surface area (Å²) in [7, 11) is 1.64. The summed E-state index contributed by atoms with van der Waals surface area (Å²) in [4.78, 5) is 22.9. The molecule has 0 spiro atoms. The van der Waals surface area contributed by atoms with Crippen LogP contribution in [0.4, 0.5) is 10.5 Å². The molecule has 0 radical (unpaired) electrons. The van der Waals surface area contributed by atoms with Crippen LogP contribution in [0, 0.1) is 13.8 Å². The molecule has 0 atom stereocenters. The Bertz CT molecular complexity index is 515. The van der Waals surface area contributed by atoms with Crippen LogP contribution >= 0.6 is 0 Å². The fraction of sp³-hybridized carbons (Fsp3) is 0.467. The van der Waals surface area contributed by atoms with E-state index in [1.165, 1.54) is 6.07 Å². The van der Waals surface area contributed by atoms with Gasteiger partial charge in [-0.1, -0.05) is 0 Å². The number of rotatable bonds is 7. The fourth-order valence-corrected chi connectivity index (χ4v) is 1.90. The quantitative estimate of drug-likeness (QED) is 0.674. The number of unbranched alkanes of at least 4 members (excludes halogenated alkanes) is 1. The molecule has 21 heavy (non-hydrogen) atoms. The molecule has 0 saturated heterocycles. The Labute approximate surface area is 124 Å². The van der Waals surface area contributed by atoms with E-state index in [1.807, 2.05) is 6.92 Å². The molecule has 0 aliphatic carbocycles. The lowest BCUT2D eigenvalue weighted by Gasteiger charge is -2.11. The summed E-state index contributed by atoms with van der Waals surface area (Å²) in [5.74, 6) is -1.00. The van der Waals surface area contributed by atoms with Gasteiger partial charge in [-0.2, -0.15) is 0 Å². The van der Waals surface area contributed by atoms with Crippen molar-refractivity contribution in [2.75, 3.05) is 25.6 Å². The van der Waals surface area contributed by atoms with Crippen molar-refractivity contribution in [3.8, 4) is 0 Å². The van der Waals surface area contributed by atoms with Crippen molar-refractivity contribution in [3.05, 3.63) is 28.8 Å². The second-order valence-corrected chi connectivity index (χ2v) is 4.85. The number of methoxy groups -OCH3 is 1.